The molecule has 0 aromatic rings. The molecule has 0 spiro atoms. The number of hydrogen-bond acceptors (Lipinski definition) is 2. The van der Waals surface area contributed by atoms with Gasteiger partial charge in [-0.05, 0) is 0 Å². The molecular formula is C5H7F6NO. The summed E-state index contributed by atoms with van der Waals surface area (Å²) >= 11 is 0. The molecule has 0 radical (unpaired) electrons. The highest BCUT2D eigenvalue weighted by Gasteiger charge is 2.56. The second-order valence-corrected chi connectivity index (χ2v) is 2.25. The SMILES string of the molecule is OCNCC(C(F)(F)F)C(F)(F)F. The lowest BCUT2D eigenvalue weighted by atomic mass is 10.1. The minimum atomic E-state index is -5.35. The molecule has 0 aromatic heterocycles. The Morgan fingerprint density at radius 2 is 1.38 bits per heavy atom. The summed E-state index contributed by atoms with van der Waals surface area (Å²) < 4.78 is 70.2. The van der Waals surface area contributed by atoms with Crippen molar-refractivity contribution in [2.24, 2.45) is 5.92 Å². The summed E-state index contributed by atoms with van der Waals surface area (Å²) in [4.78, 5) is 0. The second kappa shape index (κ2) is 4.14. The molecule has 8 heteroatoms. The number of nitrogens with one attached hydrogen (secondary N) is 1. The summed E-state index contributed by atoms with van der Waals surface area (Å²) in [5.41, 5.74) is 0. The fourth-order valence-corrected chi connectivity index (χ4v) is 0.626. The Balaban J connectivity index is 4.39. The van der Waals surface area contributed by atoms with Gasteiger partial charge in [0, 0.05) is 6.54 Å². The van der Waals surface area contributed by atoms with Gasteiger partial charge in [-0.3, -0.25) is 5.32 Å². The topological polar surface area (TPSA) is 32.3 Å². The van der Waals surface area contributed by atoms with Gasteiger partial charge in [0.2, 0.25) is 0 Å². The minimum Gasteiger partial charge on any atom is -0.381 e. The van der Waals surface area contributed by atoms with E-state index in [2.05, 4.69) is 0 Å². The van der Waals surface area contributed by atoms with Gasteiger partial charge in [0.15, 0.2) is 5.92 Å². The van der Waals surface area contributed by atoms with Crippen molar-refractivity contribution < 1.29 is 31.4 Å². The molecule has 0 fully saturated rings. The van der Waals surface area contributed by atoms with Crippen LogP contribution in [0.4, 0.5) is 26.3 Å². The molecule has 0 heterocycles. The van der Waals surface area contributed by atoms with Crippen molar-refractivity contribution in [3.63, 3.8) is 0 Å². The number of aliphatic hydroxyl groups excluding tert-OH is 1. The van der Waals surface area contributed by atoms with Gasteiger partial charge in [-0.1, -0.05) is 0 Å². The molecule has 0 aliphatic heterocycles. The first-order chi connectivity index (χ1) is 5.69. The molecule has 0 aliphatic rings. The lowest BCUT2D eigenvalue weighted by Crippen LogP contribution is -2.43. The van der Waals surface area contributed by atoms with Gasteiger partial charge in [0.25, 0.3) is 0 Å². The summed E-state index contributed by atoms with van der Waals surface area (Å²) in [6.07, 6.45) is -10.7. The highest BCUT2D eigenvalue weighted by atomic mass is 19.4. The normalized spacial score (nSPS) is 13.8. The zero-order chi connectivity index (χ0) is 10.7. The van der Waals surface area contributed by atoms with Crippen molar-refractivity contribution in [2.45, 2.75) is 12.4 Å². The van der Waals surface area contributed by atoms with Gasteiger partial charge in [-0.25, -0.2) is 0 Å². The molecule has 13 heavy (non-hydrogen) atoms. The smallest absolute Gasteiger partial charge is 0.381 e. The van der Waals surface area contributed by atoms with Crippen LogP contribution in [0.5, 0.6) is 0 Å². The van der Waals surface area contributed by atoms with Crippen LogP contribution in [0.1, 0.15) is 0 Å². The fraction of sp³-hybridized carbons (Fsp3) is 1.00. The van der Waals surface area contributed by atoms with Gasteiger partial charge in [0.1, 0.15) is 0 Å². The van der Waals surface area contributed by atoms with Gasteiger partial charge < -0.3 is 5.11 Å². The van der Waals surface area contributed by atoms with E-state index in [1.165, 1.54) is 0 Å². The molecule has 2 nitrogen and oxygen atoms in total. The van der Waals surface area contributed by atoms with Crippen LogP contribution in [0.15, 0.2) is 0 Å². The van der Waals surface area contributed by atoms with Crippen LogP contribution in [-0.2, 0) is 0 Å². The van der Waals surface area contributed by atoms with Crippen LogP contribution in [0.3, 0.4) is 0 Å². The third-order valence-corrected chi connectivity index (χ3v) is 1.25. The number of aliphatic hydroxyl groups is 1. The van der Waals surface area contributed by atoms with E-state index in [0.717, 1.165) is 0 Å². The van der Waals surface area contributed by atoms with Gasteiger partial charge in [-0.15, -0.1) is 0 Å². The first-order valence-electron chi connectivity index (χ1n) is 3.14. The van der Waals surface area contributed by atoms with E-state index < -0.39 is 31.5 Å². The Kier molecular flexibility index (Phi) is 3.98. The molecule has 0 atom stereocenters. The summed E-state index contributed by atoms with van der Waals surface area (Å²) in [6.45, 7) is -2.30. The molecule has 0 rings (SSSR count). The molecule has 0 saturated carbocycles. The molecular weight excluding hydrogens is 204 g/mol. The molecule has 0 amide bonds. The standard InChI is InChI=1S/C5H7F6NO/c6-4(7,8)3(1-12-2-13)5(9,10)11/h3,12-13H,1-2H2. The van der Waals surface area contributed by atoms with Crippen molar-refractivity contribution in [1.29, 1.82) is 0 Å². The first-order valence-corrected chi connectivity index (χ1v) is 3.14. The van der Waals surface area contributed by atoms with E-state index in [1.54, 1.807) is 5.32 Å². The predicted octanol–water partition coefficient (Wildman–Crippen LogP) is 1.27. The van der Waals surface area contributed by atoms with E-state index >= 15 is 0 Å². The third-order valence-electron chi connectivity index (χ3n) is 1.25. The molecule has 0 aliphatic carbocycles. The van der Waals surface area contributed by atoms with Crippen molar-refractivity contribution >= 4 is 0 Å². The average Bonchev–Trinajstić information content (AvgIpc) is 1.81. The molecule has 0 saturated heterocycles. The summed E-state index contributed by atoms with van der Waals surface area (Å²) in [5.74, 6) is -3.44. The van der Waals surface area contributed by atoms with Crippen LogP contribution in [-0.4, -0.2) is 30.7 Å². The largest absolute Gasteiger partial charge is 0.401 e. The highest BCUT2D eigenvalue weighted by Crippen LogP contribution is 2.38. The molecule has 0 unspecified atom stereocenters. The maximum absolute atomic E-state index is 11.7. The van der Waals surface area contributed by atoms with Crippen LogP contribution in [0, 0.1) is 5.92 Å². The van der Waals surface area contributed by atoms with Gasteiger partial charge in [-0.2, -0.15) is 26.3 Å². The van der Waals surface area contributed by atoms with Crippen molar-refractivity contribution in [3.05, 3.63) is 0 Å². The van der Waals surface area contributed by atoms with E-state index in [0.29, 0.717) is 0 Å². The van der Waals surface area contributed by atoms with Crippen LogP contribution >= 0.6 is 0 Å². The van der Waals surface area contributed by atoms with E-state index in [1.807, 2.05) is 0 Å². The Hall–Kier alpha value is -0.500. The van der Waals surface area contributed by atoms with Gasteiger partial charge >= 0.3 is 12.4 Å². The molecule has 80 valence electrons. The van der Waals surface area contributed by atoms with Crippen molar-refractivity contribution in [2.75, 3.05) is 13.3 Å². The Bertz CT molecular complexity index is 138. The maximum atomic E-state index is 11.7. The zero-order valence-corrected chi connectivity index (χ0v) is 6.21. The van der Waals surface area contributed by atoms with Crippen LogP contribution < -0.4 is 5.32 Å². The highest BCUT2D eigenvalue weighted by molar-refractivity contribution is 4.76. The monoisotopic (exact) mass is 211 g/mol. The average molecular weight is 211 g/mol. The van der Waals surface area contributed by atoms with E-state index in [4.69, 9.17) is 5.11 Å². The summed E-state index contributed by atoms with van der Waals surface area (Å²) in [5, 5.41) is 9.58. The molecule has 2 N–H and O–H groups in total. The second-order valence-electron chi connectivity index (χ2n) is 2.25. The van der Waals surface area contributed by atoms with Crippen LogP contribution in [0.25, 0.3) is 0 Å². The Labute approximate surface area is 69.5 Å². The first kappa shape index (κ1) is 12.5. The third kappa shape index (κ3) is 4.32. The zero-order valence-electron chi connectivity index (χ0n) is 6.21. The summed E-state index contributed by atoms with van der Waals surface area (Å²) in [7, 11) is 0. The van der Waals surface area contributed by atoms with Crippen molar-refractivity contribution in [1.82, 2.24) is 5.32 Å². The van der Waals surface area contributed by atoms with Gasteiger partial charge in [0.05, 0.1) is 6.73 Å². The summed E-state index contributed by atoms with van der Waals surface area (Å²) in [6, 6.07) is 0. The number of halogens is 6. The lowest BCUT2D eigenvalue weighted by molar-refractivity contribution is -0.282. The number of hydrogen-bond donors (Lipinski definition) is 2. The fourth-order valence-electron chi connectivity index (χ4n) is 0.626. The maximum Gasteiger partial charge on any atom is 0.401 e. The number of alkyl halides is 6. The Morgan fingerprint density at radius 3 is 1.62 bits per heavy atom. The van der Waals surface area contributed by atoms with E-state index in [9.17, 15) is 26.3 Å². The van der Waals surface area contributed by atoms with Crippen LogP contribution in [0.2, 0.25) is 0 Å². The van der Waals surface area contributed by atoms with E-state index in [-0.39, 0.29) is 0 Å². The molecule has 0 bridgehead atoms. The minimum absolute atomic E-state index is 0.928. The quantitative estimate of drug-likeness (QED) is 0.544. The Morgan fingerprint density at radius 1 is 1.00 bits per heavy atom. The lowest BCUT2D eigenvalue weighted by Gasteiger charge is -2.22. The molecule has 0 aromatic carbocycles. The van der Waals surface area contributed by atoms with Crippen molar-refractivity contribution in [3.8, 4) is 0 Å². The number of rotatable bonds is 3. The predicted molar refractivity (Wildman–Crippen MR) is 30.7 cm³/mol.